The van der Waals surface area contributed by atoms with Crippen molar-refractivity contribution in [2.24, 2.45) is 5.10 Å². The predicted molar refractivity (Wildman–Crippen MR) is 93.2 cm³/mol. The molecule has 0 atom stereocenters. The third-order valence-corrected chi connectivity index (χ3v) is 5.08. The fraction of sp³-hybridized carbons (Fsp3) is 0.176. The lowest BCUT2D eigenvalue weighted by Gasteiger charge is -2.15. The van der Waals surface area contributed by atoms with Gasteiger partial charge in [-0.15, -0.1) is 0 Å². The highest BCUT2D eigenvalue weighted by molar-refractivity contribution is 7.89. The molecule has 1 amide bonds. The zero-order valence-corrected chi connectivity index (χ0v) is 14.3. The quantitative estimate of drug-likeness (QED) is 0.640. The van der Waals surface area contributed by atoms with Gasteiger partial charge in [-0.05, 0) is 24.6 Å². The van der Waals surface area contributed by atoms with E-state index < -0.39 is 15.9 Å². The predicted octanol–water partition coefficient (Wildman–Crippen LogP) is 1.77. The molecule has 6 nitrogen and oxygen atoms in total. The minimum atomic E-state index is -3.70. The molecule has 1 N–H and O–H groups in total. The van der Waals surface area contributed by atoms with Gasteiger partial charge in [0.15, 0.2) is 0 Å². The molecular formula is C17H19N3O3S. The summed E-state index contributed by atoms with van der Waals surface area (Å²) in [6.45, 7) is 1.64. The van der Waals surface area contributed by atoms with Crippen LogP contribution in [0.3, 0.4) is 0 Å². The van der Waals surface area contributed by atoms with Gasteiger partial charge in [0.25, 0.3) is 5.91 Å². The Morgan fingerprint density at radius 3 is 2.54 bits per heavy atom. The number of hydrogen-bond donors (Lipinski definition) is 1. The number of aryl methyl sites for hydroxylation is 1. The number of carbonyl (C=O) groups is 1. The Kier molecular flexibility index (Phi) is 5.83. The number of hydrazone groups is 1. The van der Waals surface area contributed by atoms with Crippen LogP contribution in [0.4, 0.5) is 0 Å². The second-order valence-corrected chi connectivity index (χ2v) is 7.33. The van der Waals surface area contributed by atoms with Crippen molar-refractivity contribution < 1.29 is 13.2 Å². The van der Waals surface area contributed by atoms with Gasteiger partial charge < -0.3 is 0 Å². The van der Waals surface area contributed by atoms with Crippen molar-refractivity contribution in [2.45, 2.75) is 11.8 Å². The largest absolute Gasteiger partial charge is 0.272 e. The van der Waals surface area contributed by atoms with Gasteiger partial charge in [-0.1, -0.05) is 48.0 Å². The Bertz CT molecular complexity index is 833. The lowest BCUT2D eigenvalue weighted by molar-refractivity contribution is -0.121. The molecule has 0 aromatic heterocycles. The van der Waals surface area contributed by atoms with E-state index in [2.05, 4.69) is 10.5 Å². The minimum absolute atomic E-state index is 0.142. The van der Waals surface area contributed by atoms with E-state index in [4.69, 9.17) is 0 Å². The Hall–Kier alpha value is -2.51. The van der Waals surface area contributed by atoms with E-state index in [-0.39, 0.29) is 11.4 Å². The van der Waals surface area contributed by atoms with Crippen LogP contribution in [-0.2, 0) is 14.8 Å². The Labute approximate surface area is 141 Å². The summed E-state index contributed by atoms with van der Waals surface area (Å²) in [5.41, 5.74) is 4.26. The van der Waals surface area contributed by atoms with Gasteiger partial charge in [-0.2, -0.15) is 9.41 Å². The van der Waals surface area contributed by atoms with Crippen molar-refractivity contribution in [1.29, 1.82) is 0 Å². The summed E-state index contributed by atoms with van der Waals surface area (Å²) >= 11 is 0. The minimum Gasteiger partial charge on any atom is -0.272 e. The fourth-order valence-corrected chi connectivity index (χ4v) is 3.17. The molecular weight excluding hydrogens is 326 g/mol. The Morgan fingerprint density at radius 2 is 1.88 bits per heavy atom. The topological polar surface area (TPSA) is 78.8 Å². The maximum Gasteiger partial charge on any atom is 0.255 e. The third kappa shape index (κ3) is 4.74. The molecule has 2 rings (SSSR count). The molecule has 2 aromatic rings. The average Bonchev–Trinajstić information content (AvgIpc) is 2.55. The molecule has 0 saturated carbocycles. The SMILES string of the molecule is Cc1cccc(C=NNC(=O)CN(C)S(=O)(=O)c2ccccc2)c1. The maximum atomic E-state index is 12.3. The number of sulfonamides is 1. The number of rotatable bonds is 6. The molecule has 0 aliphatic carbocycles. The molecule has 126 valence electrons. The number of carbonyl (C=O) groups excluding carboxylic acids is 1. The van der Waals surface area contributed by atoms with E-state index in [9.17, 15) is 13.2 Å². The molecule has 0 heterocycles. The summed E-state index contributed by atoms with van der Waals surface area (Å²) in [7, 11) is -2.34. The van der Waals surface area contributed by atoms with E-state index >= 15 is 0 Å². The maximum absolute atomic E-state index is 12.3. The summed E-state index contributed by atoms with van der Waals surface area (Å²) in [5, 5.41) is 3.84. The van der Waals surface area contributed by atoms with Crippen LogP contribution < -0.4 is 5.43 Å². The van der Waals surface area contributed by atoms with Gasteiger partial charge >= 0.3 is 0 Å². The number of benzene rings is 2. The zero-order valence-electron chi connectivity index (χ0n) is 13.5. The first-order chi connectivity index (χ1) is 11.4. The summed E-state index contributed by atoms with van der Waals surface area (Å²) in [4.78, 5) is 12.0. The van der Waals surface area contributed by atoms with Crippen LogP contribution in [0.1, 0.15) is 11.1 Å². The van der Waals surface area contributed by atoms with Crippen LogP contribution in [0, 0.1) is 6.92 Å². The monoisotopic (exact) mass is 345 g/mol. The molecule has 24 heavy (non-hydrogen) atoms. The molecule has 0 radical (unpaired) electrons. The van der Waals surface area contributed by atoms with Crippen molar-refractivity contribution in [3.05, 3.63) is 65.7 Å². The highest BCUT2D eigenvalue weighted by Crippen LogP contribution is 2.12. The number of amides is 1. The Morgan fingerprint density at radius 1 is 1.17 bits per heavy atom. The van der Waals surface area contributed by atoms with Crippen molar-refractivity contribution in [1.82, 2.24) is 9.73 Å². The van der Waals surface area contributed by atoms with Crippen LogP contribution in [0.2, 0.25) is 0 Å². The van der Waals surface area contributed by atoms with E-state index in [0.29, 0.717) is 0 Å². The number of nitrogens with zero attached hydrogens (tertiary/aromatic N) is 2. The van der Waals surface area contributed by atoms with Crippen molar-refractivity contribution in [2.75, 3.05) is 13.6 Å². The average molecular weight is 345 g/mol. The molecule has 0 aliphatic rings. The van der Waals surface area contributed by atoms with Crippen molar-refractivity contribution >= 4 is 22.1 Å². The van der Waals surface area contributed by atoms with Crippen LogP contribution in [0.15, 0.2) is 64.6 Å². The van der Waals surface area contributed by atoms with Gasteiger partial charge in [-0.25, -0.2) is 13.8 Å². The second-order valence-electron chi connectivity index (χ2n) is 5.28. The number of hydrogen-bond acceptors (Lipinski definition) is 4. The first kappa shape index (κ1) is 17.8. The van der Waals surface area contributed by atoms with Gasteiger partial charge in [0.2, 0.25) is 10.0 Å². The lowest BCUT2D eigenvalue weighted by atomic mass is 10.2. The smallest absolute Gasteiger partial charge is 0.255 e. The second kappa shape index (κ2) is 7.85. The molecule has 0 fully saturated rings. The lowest BCUT2D eigenvalue weighted by Crippen LogP contribution is -2.36. The fourth-order valence-electron chi connectivity index (χ4n) is 2.02. The molecule has 0 unspecified atom stereocenters. The normalized spacial score (nSPS) is 11.8. The zero-order chi connectivity index (χ0) is 17.6. The van der Waals surface area contributed by atoms with Crippen molar-refractivity contribution in [3.63, 3.8) is 0 Å². The van der Waals surface area contributed by atoms with Crippen molar-refractivity contribution in [3.8, 4) is 0 Å². The number of nitrogens with one attached hydrogen (secondary N) is 1. The first-order valence-corrected chi connectivity index (χ1v) is 8.73. The summed E-state index contributed by atoms with van der Waals surface area (Å²) in [6.07, 6.45) is 1.51. The standard InChI is InChI=1S/C17H19N3O3S/c1-14-7-6-8-15(11-14)12-18-19-17(21)13-20(2)24(22,23)16-9-4-3-5-10-16/h3-12H,13H2,1-2H3,(H,19,21). The molecule has 0 saturated heterocycles. The highest BCUT2D eigenvalue weighted by Gasteiger charge is 2.22. The van der Waals surface area contributed by atoms with Gasteiger partial charge in [0.1, 0.15) is 0 Å². The van der Waals surface area contributed by atoms with Gasteiger partial charge in [0.05, 0.1) is 17.7 Å². The summed E-state index contributed by atoms with van der Waals surface area (Å²) in [5.74, 6) is -0.513. The van der Waals surface area contributed by atoms with Gasteiger partial charge in [0, 0.05) is 7.05 Å². The van der Waals surface area contributed by atoms with E-state index in [1.165, 1.54) is 25.4 Å². The highest BCUT2D eigenvalue weighted by atomic mass is 32.2. The van der Waals surface area contributed by atoms with Crippen LogP contribution in [0.25, 0.3) is 0 Å². The molecule has 2 aromatic carbocycles. The first-order valence-electron chi connectivity index (χ1n) is 7.29. The van der Waals surface area contributed by atoms with Crippen LogP contribution >= 0.6 is 0 Å². The number of likely N-dealkylation sites (N-methyl/N-ethyl adjacent to an activating group) is 1. The third-order valence-electron chi connectivity index (χ3n) is 3.26. The van der Waals surface area contributed by atoms with E-state index in [0.717, 1.165) is 15.4 Å². The van der Waals surface area contributed by atoms with Crippen LogP contribution in [0.5, 0.6) is 0 Å². The van der Waals surface area contributed by atoms with Crippen LogP contribution in [-0.4, -0.2) is 38.4 Å². The summed E-state index contributed by atoms with van der Waals surface area (Å²) in [6, 6.07) is 15.6. The molecule has 7 heteroatoms. The molecule has 0 bridgehead atoms. The Balaban J connectivity index is 1.94. The molecule has 0 spiro atoms. The van der Waals surface area contributed by atoms with Gasteiger partial charge in [-0.3, -0.25) is 4.79 Å². The summed E-state index contributed by atoms with van der Waals surface area (Å²) < 4.78 is 25.6. The van der Waals surface area contributed by atoms with E-state index in [1.54, 1.807) is 18.2 Å². The van der Waals surface area contributed by atoms with E-state index in [1.807, 2.05) is 31.2 Å². The molecule has 0 aliphatic heterocycles.